The second kappa shape index (κ2) is 6.36. The smallest absolute Gasteiger partial charge is 0.255 e. The zero-order valence-corrected chi connectivity index (χ0v) is 12.7. The van der Waals surface area contributed by atoms with Crippen molar-refractivity contribution in [1.82, 2.24) is 4.57 Å². The highest BCUT2D eigenvalue weighted by Gasteiger charge is 2.36. The van der Waals surface area contributed by atoms with Crippen LogP contribution in [0.15, 0.2) is 53.5 Å². The molecule has 3 rings (SSSR count). The van der Waals surface area contributed by atoms with Crippen molar-refractivity contribution in [1.29, 1.82) is 0 Å². The van der Waals surface area contributed by atoms with Crippen molar-refractivity contribution >= 4 is 11.6 Å². The number of amides is 1. The van der Waals surface area contributed by atoms with Gasteiger partial charge in [-0.3, -0.25) is 14.2 Å². The third kappa shape index (κ3) is 3.33. The monoisotopic (exact) mass is 313 g/mol. The second-order valence-electron chi connectivity index (χ2n) is 5.72. The summed E-state index contributed by atoms with van der Waals surface area (Å²) in [4.78, 5) is 24.1. The van der Waals surface area contributed by atoms with E-state index in [2.05, 4.69) is 5.32 Å². The molecule has 1 fully saturated rings. The number of benzene rings is 1. The van der Waals surface area contributed by atoms with E-state index in [1.807, 2.05) is 0 Å². The van der Waals surface area contributed by atoms with Crippen LogP contribution < -0.4 is 16.6 Å². The van der Waals surface area contributed by atoms with Gasteiger partial charge in [0.25, 0.3) is 5.56 Å². The Balaban J connectivity index is 1.74. The fourth-order valence-corrected chi connectivity index (χ4v) is 2.60. The molecule has 1 unspecified atom stereocenters. The molecule has 0 bridgehead atoms. The summed E-state index contributed by atoms with van der Waals surface area (Å²) in [5.41, 5.74) is 6.39. The van der Waals surface area contributed by atoms with Crippen LogP contribution >= 0.6 is 0 Å². The van der Waals surface area contributed by atoms with Crippen molar-refractivity contribution in [2.45, 2.75) is 18.4 Å². The van der Waals surface area contributed by atoms with E-state index in [-0.39, 0.29) is 18.1 Å². The number of pyridine rings is 1. The van der Waals surface area contributed by atoms with E-state index < -0.39 is 5.54 Å². The molecule has 120 valence electrons. The maximum atomic E-state index is 12.3. The zero-order chi connectivity index (χ0) is 16.3. The third-order valence-electron chi connectivity index (χ3n) is 3.95. The Morgan fingerprint density at radius 2 is 2.00 bits per heavy atom. The fourth-order valence-electron chi connectivity index (χ4n) is 2.60. The number of rotatable bonds is 3. The van der Waals surface area contributed by atoms with Gasteiger partial charge in [0.05, 0.1) is 6.61 Å². The predicted octanol–water partition coefficient (Wildman–Crippen LogP) is 1.28. The molecule has 1 atom stereocenters. The Morgan fingerprint density at radius 3 is 2.65 bits per heavy atom. The van der Waals surface area contributed by atoms with E-state index in [1.54, 1.807) is 42.6 Å². The number of nitrogens with one attached hydrogen (secondary N) is 1. The number of carbonyl (C=O) groups is 1. The summed E-state index contributed by atoms with van der Waals surface area (Å²) in [5, 5.41) is 2.81. The molecule has 1 amide bonds. The quantitative estimate of drug-likeness (QED) is 0.894. The number of ether oxygens (including phenoxy) is 1. The lowest BCUT2D eigenvalue weighted by molar-refractivity contribution is -0.125. The number of hydrogen-bond acceptors (Lipinski definition) is 4. The van der Waals surface area contributed by atoms with Crippen molar-refractivity contribution in [3.8, 4) is 5.69 Å². The summed E-state index contributed by atoms with van der Waals surface area (Å²) in [5.74, 6) is -0.248. The van der Waals surface area contributed by atoms with Gasteiger partial charge < -0.3 is 15.8 Å². The maximum Gasteiger partial charge on any atom is 0.255 e. The van der Waals surface area contributed by atoms with E-state index in [1.165, 1.54) is 10.6 Å². The Hall–Kier alpha value is -2.44. The van der Waals surface area contributed by atoms with Gasteiger partial charge in [0.1, 0.15) is 5.54 Å². The largest absolute Gasteiger partial charge is 0.379 e. The SMILES string of the molecule is NC1(C(=O)Nc2ccc(-n3ccccc3=O)cc2)CCCOC1. The van der Waals surface area contributed by atoms with Crippen LogP contribution in [0, 0.1) is 0 Å². The Kier molecular flexibility index (Phi) is 4.27. The molecular formula is C17H19N3O3. The fraction of sp³-hybridized carbons (Fsp3) is 0.294. The van der Waals surface area contributed by atoms with Crippen molar-refractivity contribution in [2.24, 2.45) is 5.73 Å². The highest BCUT2D eigenvalue weighted by Crippen LogP contribution is 2.19. The van der Waals surface area contributed by atoms with Crippen LogP contribution in [-0.2, 0) is 9.53 Å². The third-order valence-corrected chi connectivity index (χ3v) is 3.95. The summed E-state index contributed by atoms with van der Waals surface area (Å²) in [7, 11) is 0. The van der Waals surface area contributed by atoms with Crippen LogP contribution in [0.25, 0.3) is 5.69 Å². The van der Waals surface area contributed by atoms with Gasteiger partial charge in [-0.1, -0.05) is 6.07 Å². The lowest BCUT2D eigenvalue weighted by atomic mass is 9.92. The minimum absolute atomic E-state index is 0.107. The molecule has 6 heteroatoms. The first-order valence-corrected chi connectivity index (χ1v) is 7.55. The lowest BCUT2D eigenvalue weighted by Crippen LogP contribution is -2.56. The zero-order valence-electron chi connectivity index (χ0n) is 12.7. The predicted molar refractivity (Wildman–Crippen MR) is 87.6 cm³/mol. The van der Waals surface area contributed by atoms with E-state index in [9.17, 15) is 9.59 Å². The van der Waals surface area contributed by atoms with Gasteiger partial charge in [-0.15, -0.1) is 0 Å². The van der Waals surface area contributed by atoms with Crippen LogP contribution in [0.2, 0.25) is 0 Å². The molecule has 2 aromatic rings. The van der Waals surface area contributed by atoms with E-state index in [4.69, 9.17) is 10.5 Å². The molecule has 0 spiro atoms. The molecule has 1 saturated heterocycles. The summed E-state index contributed by atoms with van der Waals surface area (Å²) < 4.78 is 6.84. The highest BCUT2D eigenvalue weighted by atomic mass is 16.5. The Morgan fingerprint density at radius 1 is 1.22 bits per heavy atom. The minimum Gasteiger partial charge on any atom is -0.379 e. The van der Waals surface area contributed by atoms with Crippen LogP contribution in [0.1, 0.15) is 12.8 Å². The van der Waals surface area contributed by atoms with Gasteiger partial charge in [-0.2, -0.15) is 0 Å². The number of nitrogens with two attached hydrogens (primary N) is 1. The average molecular weight is 313 g/mol. The Bertz CT molecular complexity index is 746. The molecule has 6 nitrogen and oxygen atoms in total. The second-order valence-corrected chi connectivity index (χ2v) is 5.72. The van der Waals surface area contributed by atoms with Gasteiger partial charge in [0, 0.05) is 30.2 Å². The first-order valence-electron chi connectivity index (χ1n) is 7.55. The van der Waals surface area contributed by atoms with Gasteiger partial charge >= 0.3 is 0 Å². The minimum atomic E-state index is -0.979. The maximum absolute atomic E-state index is 12.3. The Labute approximate surface area is 133 Å². The summed E-state index contributed by atoms with van der Waals surface area (Å²) >= 11 is 0. The first-order chi connectivity index (χ1) is 11.1. The van der Waals surface area contributed by atoms with Crippen LogP contribution in [0.5, 0.6) is 0 Å². The molecule has 1 aliphatic heterocycles. The molecular weight excluding hydrogens is 294 g/mol. The van der Waals surface area contributed by atoms with Crippen LogP contribution in [0.3, 0.4) is 0 Å². The van der Waals surface area contributed by atoms with Crippen molar-refractivity contribution in [3.05, 3.63) is 59.0 Å². The topological polar surface area (TPSA) is 86.4 Å². The molecule has 2 heterocycles. The average Bonchev–Trinajstić information content (AvgIpc) is 2.57. The molecule has 0 aliphatic carbocycles. The molecule has 1 aliphatic rings. The van der Waals surface area contributed by atoms with Crippen LogP contribution in [-0.4, -0.2) is 29.2 Å². The number of anilines is 1. The number of carbonyl (C=O) groups excluding carboxylic acids is 1. The molecule has 1 aromatic carbocycles. The lowest BCUT2D eigenvalue weighted by Gasteiger charge is -2.31. The van der Waals surface area contributed by atoms with Crippen molar-refractivity contribution in [2.75, 3.05) is 18.5 Å². The van der Waals surface area contributed by atoms with Gasteiger partial charge in [-0.25, -0.2) is 0 Å². The number of hydrogen-bond donors (Lipinski definition) is 2. The normalized spacial score (nSPS) is 20.9. The standard InChI is InChI=1S/C17H19N3O3/c18-17(9-3-11-23-12-17)16(22)19-13-5-7-14(8-6-13)20-10-2-1-4-15(20)21/h1-2,4-8,10H,3,9,11-12,18H2,(H,19,22). The summed E-state index contributed by atoms with van der Waals surface area (Å²) in [6.07, 6.45) is 3.08. The molecule has 23 heavy (non-hydrogen) atoms. The summed E-state index contributed by atoms with van der Waals surface area (Å²) in [6, 6.07) is 12.0. The van der Waals surface area contributed by atoms with Crippen LogP contribution in [0.4, 0.5) is 5.69 Å². The molecule has 0 saturated carbocycles. The molecule has 3 N–H and O–H groups in total. The number of aromatic nitrogens is 1. The first kappa shape index (κ1) is 15.5. The highest BCUT2D eigenvalue weighted by molar-refractivity contribution is 5.98. The summed E-state index contributed by atoms with van der Waals surface area (Å²) in [6.45, 7) is 0.878. The van der Waals surface area contributed by atoms with E-state index >= 15 is 0 Å². The van der Waals surface area contributed by atoms with Crippen molar-refractivity contribution < 1.29 is 9.53 Å². The molecule has 1 aromatic heterocycles. The molecule has 0 radical (unpaired) electrons. The van der Waals surface area contributed by atoms with Gasteiger partial charge in [0.2, 0.25) is 5.91 Å². The number of nitrogens with zero attached hydrogens (tertiary/aromatic N) is 1. The van der Waals surface area contributed by atoms with Crippen molar-refractivity contribution in [3.63, 3.8) is 0 Å². The van der Waals surface area contributed by atoms with Gasteiger partial charge in [-0.05, 0) is 43.2 Å². The van der Waals surface area contributed by atoms with Gasteiger partial charge in [0.15, 0.2) is 0 Å². The van der Waals surface area contributed by atoms with E-state index in [0.717, 1.165) is 12.1 Å². The van der Waals surface area contributed by atoms with E-state index in [0.29, 0.717) is 18.7 Å².